The van der Waals surface area contributed by atoms with Crippen molar-refractivity contribution in [3.8, 4) is 5.75 Å². The highest BCUT2D eigenvalue weighted by atomic mass is 16.5. The lowest BCUT2D eigenvalue weighted by Gasteiger charge is -2.31. The van der Waals surface area contributed by atoms with Crippen LogP contribution in [0.2, 0.25) is 0 Å². The quantitative estimate of drug-likeness (QED) is 0.847. The number of ether oxygens (including phenoxy) is 2. The maximum atomic E-state index is 12.5. The van der Waals surface area contributed by atoms with E-state index < -0.39 is 0 Å². The number of fused-ring (bicyclic) bond motifs is 1. The van der Waals surface area contributed by atoms with E-state index in [0.717, 1.165) is 25.1 Å². The fraction of sp³-hybridized carbons (Fsp3) is 0.588. The number of para-hydroxylation sites is 1. The Labute approximate surface area is 125 Å². The summed E-state index contributed by atoms with van der Waals surface area (Å²) < 4.78 is 11.4. The molecule has 1 aromatic rings. The maximum Gasteiger partial charge on any atom is 0.342 e. The fourth-order valence-electron chi connectivity index (χ4n) is 3.52. The van der Waals surface area contributed by atoms with Crippen LogP contribution >= 0.6 is 0 Å². The van der Waals surface area contributed by atoms with Gasteiger partial charge in [0, 0.05) is 6.54 Å². The van der Waals surface area contributed by atoms with Gasteiger partial charge >= 0.3 is 5.97 Å². The molecule has 1 aliphatic carbocycles. The van der Waals surface area contributed by atoms with Gasteiger partial charge in [0.2, 0.25) is 0 Å². The average Bonchev–Trinajstić information content (AvgIpc) is 2.45. The molecule has 114 valence electrons. The Morgan fingerprint density at radius 1 is 1.24 bits per heavy atom. The predicted octanol–water partition coefficient (Wildman–Crippen LogP) is 3.47. The molecule has 0 amide bonds. The molecule has 0 radical (unpaired) electrons. The second-order valence-electron chi connectivity index (χ2n) is 6.40. The van der Waals surface area contributed by atoms with Crippen molar-refractivity contribution in [3.05, 3.63) is 23.8 Å². The van der Waals surface area contributed by atoms with Crippen LogP contribution in [0.1, 0.15) is 43.5 Å². The zero-order valence-corrected chi connectivity index (χ0v) is 12.7. The summed E-state index contributed by atoms with van der Waals surface area (Å²) in [7, 11) is 0. The van der Waals surface area contributed by atoms with Gasteiger partial charge in [0.05, 0.1) is 5.69 Å². The zero-order valence-electron chi connectivity index (χ0n) is 12.7. The van der Waals surface area contributed by atoms with Crippen LogP contribution in [0.15, 0.2) is 18.2 Å². The van der Waals surface area contributed by atoms with Crippen LogP contribution in [0.3, 0.4) is 0 Å². The summed E-state index contributed by atoms with van der Waals surface area (Å²) in [6, 6.07) is 5.57. The fourth-order valence-corrected chi connectivity index (χ4v) is 3.52. The molecule has 0 bridgehead atoms. The first kappa shape index (κ1) is 14.2. The minimum atomic E-state index is -0.262. The maximum absolute atomic E-state index is 12.5. The first-order valence-electron chi connectivity index (χ1n) is 7.84. The summed E-state index contributed by atoms with van der Waals surface area (Å²) >= 11 is 0. The number of rotatable bonds is 2. The number of benzene rings is 1. The third-order valence-electron chi connectivity index (χ3n) is 4.31. The second-order valence-corrected chi connectivity index (χ2v) is 6.40. The van der Waals surface area contributed by atoms with E-state index in [9.17, 15) is 4.79 Å². The standard InChI is InChI=1S/C17H23NO3/c1-11-8-12(2)10-13(9-11)21-17(19)14-4-3-5-15-16(14)20-7-6-18-15/h3-5,11-13,18H,6-10H2,1-2H3. The first-order valence-corrected chi connectivity index (χ1v) is 7.84. The average molecular weight is 289 g/mol. The van der Waals surface area contributed by atoms with E-state index in [4.69, 9.17) is 9.47 Å². The van der Waals surface area contributed by atoms with Crippen molar-refractivity contribution >= 4 is 11.7 Å². The Balaban J connectivity index is 1.74. The van der Waals surface area contributed by atoms with Crippen molar-refractivity contribution in [1.29, 1.82) is 0 Å². The number of hydrogen-bond donors (Lipinski definition) is 1. The summed E-state index contributed by atoms with van der Waals surface area (Å²) in [5.74, 6) is 1.61. The lowest BCUT2D eigenvalue weighted by Crippen LogP contribution is -2.29. The highest BCUT2D eigenvalue weighted by Gasteiger charge is 2.28. The van der Waals surface area contributed by atoms with Gasteiger partial charge in [0.1, 0.15) is 18.3 Å². The molecule has 1 N–H and O–H groups in total. The van der Waals surface area contributed by atoms with Gasteiger partial charge in [0.25, 0.3) is 0 Å². The number of hydrogen-bond acceptors (Lipinski definition) is 4. The van der Waals surface area contributed by atoms with Crippen LogP contribution in [-0.4, -0.2) is 25.2 Å². The van der Waals surface area contributed by atoms with E-state index in [1.54, 1.807) is 6.07 Å². The van der Waals surface area contributed by atoms with Crippen molar-refractivity contribution < 1.29 is 14.3 Å². The predicted molar refractivity (Wildman–Crippen MR) is 81.8 cm³/mol. The summed E-state index contributed by atoms with van der Waals surface area (Å²) in [4.78, 5) is 12.5. The van der Waals surface area contributed by atoms with Crippen molar-refractivity contribution in [1.82, 2.24) is 0 Å². The largest absolute Gasteiger partial charge is 0.489 e. The van der Waals surface area contributed by atoms with Gasteiger partial charge in [0.15, 0.2) is 5.75 Å². The first-order chi connectivity index (χ1) is 10.1. The SMILES string of the molecule is CC1CC(C)CC(OC(=O)c2cccc3c2OCCN3)C1. The van der Waals surface area contributed by atoms with Crippen molar-refractivity contribution in [3.63, 3.8) is 0 Å². The molecule has 1 saturated carbocycles. The van der Waals surface area contributed by atoms with Gasteiger partial charge in [-0.3, -0.25) is 0 Å². The van der Waals surface area contributed by atoms with E-state index in [0.29, 0.717) is 29.8 Å². The van der Waals surface area contributed by atoms with Gasteiger partial charge in [-0.25, -0.2) is 4.79 Å². The van der Waals surface area contributed by atoms with Crippen LogP contribution in [0.25, 0.3) is 0 Å². The van der Waals surface area contributed by atoms with Gasteiger partial charge in [-0.15, -0.1) is 0 Å². The molecule has 2 atom stereocenters. The number of carbonyl (C=O) groups excluding carboxylic acids is 1. The smallest absolute Gasteiger partial charge is 0.342 e. The summed E-state index contributed by atoms with van der Waals surface area (Å²) in [6.07, 6.45) is 3.18. The molecular formula is C17H23NO3. The number of esters is 1. The molecule has 1 fully saturated rings. The Bertz CT molecular complexity index is 519. The minimum Gasteiger partial charge on any atom is -0.489 e. The van der Waals surface area contributed by atoms with Crippen LogP contribution < -0.4 is 10.1 Å². The normalized spacial score (nSPS) is 28.0. The van der Waals surface area contributed by atoms with Crippen LogP contribution in [0.5, 0.6) is 5.75 Å². The highest BCUT2D eigenvalue weighted by Crippen LogP contribution is 2.34. The lowest BCUT2D eigenvalue weighted by atomic mass is 9.82. The number of nitrogens with one attached hydrogen (secondary N) is 1. The molecule has 0 spiro atoms. The Kier molecular flexibility index (Phi) is 4.04. The number of anilines is 1. The molecular weight excluding hydrogens is 266 g/mol. The summed E-state index contributed by atoms with van der Waals surface area (Å²) in [5, 5.41) is 3.24. The monoisotopic (exact) mass is 289 g/mol. The summed E-state index contributed by atoms with van der Waals surface area (Å²) in [6.45, 7) is 5.81. The molecule has 2 unspecified atom stereocenters. The molecule has 1 aliphatic heterocycles. The molecule has 4 heteroatoms. The Morgan fingerprint density at radius 3 is 2.76 bits per heavy atom. The van der Waals surface area contributed by atoms with E-state index >= 15 is 0 Å². The molecule has 21 heavy (non-hydrogen) atoms. The zero-order chi connectivity index (χ0) is 14.8. The van der Waals surface area contributed by atoms with Crippen molar-refractivity contribution in [2.45, 2.75) is 39.2 Å². The topological polar surface area (TPSA) is 47.6 Å². The molecule has 1 aromatic carbocycles. The van der Waals surface area contributed by atoms with E-state index in [2.05, 4.69) is 19.2 Å². The van der Waals surface area contributed by atoms with Gasteiger partial charge in [-0.2, -0.15) is 0 Å². The van der Waals surface area contributed by atoms with E-state index in [1.807, 2.05) is 12.1 Å². The highest BCUT2D eigenvalue weighted by molar-refractivity contribution is 5.95. The minimum absolute atomic E-state index is 0.0312. The third kappa shape index (κ3) is 3.14. The lowest BCUT2D eigenvalue weighted by molar-refractivity contribution is 0.00771. The van der Waals surface area contributed by atoms with Gasteiger partial charge in [-0.1, -0.05) is 19.9 Å². The van der Waals surface area contributed by atoms with Crippen LogP contribution in [0.4, 0.5) is 5.69 Å². The summed E-state index contributed by atoms with van der Waals surface area (Å²) in [5.41, 5.74) is 1.41. The van der Waals surface area contributed by atoms with Crippen molar-refractivity contribution in [2.75, 3.05) is 18.5 Å². The molecule has 3 rings (SSSR count). The van der Waals surface area contributed by atoms with E-state index in [-0.39, 0.29) is 12.1 Å². The molecule has 1 heterocycles. The van der Waals surface area contributed by atoms with Crippen molar-refractivity contribution in [2.24, 2.45) is 11.8 Å². The molecule has 0 aromatic heterocycles. The molecule has 2 aliphatic rings. The Hall–Kier alpha value is -1.71. The van der Waals surface area contributed by atoms with Crippen LogP contribution in [-0.2, 0) is 4.74 Å². The third-order valence-corrected chi connectivity index (χ3v) is 4.31. The van der Waals surface area contributed by atoms with Gasteiger partial charge < -0.3 is 14.8 Å². The second kappa shape index (κ2) is 5.96. The van der Waals surface area contributed by atoms with E-state index in [1.165, 1.54) is 6.42 Å². The molecule has 4 nitrogen and oxygen atoms in total. The van der Waals surface area contributed by atoms with Crippen LogP contribution in [0, 0.1) is 11.8 Å². The van der Waals surface area contributed by atoms with Gasteiger partial charge in [-0.05, 0) is 43.2 Å². The Morgan fingerprint density at radius 2 is 2.00 bits per heavy atom. The number of carbonyl (C=O) groups is 1. The molecule has 0 saturated heterocycles.